The number of aromatic nitrogens is 2. The van der Waals surface area contributed by atoms with Gasteiger partial charge in [0.15, 0.2) is 11.3 Å². The van der Waals surface area contributed by atoms with Crippen molar-refractivity contribution in [2.24, 2.45) is 46.4 Å². The van der Waals surface area contributed by atoms with E-state index in [0.29, 0.717) is 31.4 Å². The van der Waals surface area contributed by atoms with E-state index in [2.05, 4.69) is 30.6 Å². The van der Waals surface area contributed by atoms with Crippen molar-refractivity contribution in [3.05, 3.63) is 71.7 Å². The number of ether oxygens (including phenoxy) is 1. The number of fused-ring (bicyclic) bond motifs is 5. The number of hydrogen-bond acceptors (Lipinski definition) is 7. The monoisotopic (exact) mass is 592 g/mol. The molecule has 3 N–H and O–H groups in total. The molecule has 42 heavy (non-hydrogen) atoms. The molecular formula is C32H37FN4O4S. The van der Waals surface area contributed by atoms with Crippen molar-refractivity contribution in [2.75, 3.05) is 0 Å². The third kappa shape index (κ3) is 4.28. The number of carbonyl (C=O) groups is 2. The van der Waals surface area contributed by atoms with Crippen molar-refractivity contribution in [3.63, 3.8) is 0 Å². The summed E-state index contributed by atoms with van der Waals surface area (Å²) < 4.78 is 21.2. The van der Waals surface area contributed by atoms with E-state index >= 15 is 0 Å². The summed E-state index contributed by atoms with van der Waals surface area (Å²) in [5.74, 6) is -0.887. The van der Waals surface area contributed by atoms with Crippen LogP contribution in [-0.2, 0) is 16.6 Å². The molecule has 7 atom stereocenters. The van der Waals surface area contributed by atoms with Gasteiger partial charge in [0, 0.05) is 18.7 Å². The first-order valence-electron chi connectivity index (χ1n) is 14.5. The molecule has 0 radical (unpaired) electrons. The van der Waals surface area contributed by atoms with Crippen LogP contribution in [0.15, 0.2) is 65.2 Å². The zero-order valence-electron chi connectivity index (χ0n) is 24.1. The topological polar surface area (TPSA) is 120 Å². The Balaban J connectivity index is 1.34. The fourth-order valence-electron chi connectivity index (χ4n) is 8.87. The second-order valence-corrected chi connectivity index (χ2v) is 13.3. The van der Waals surface area contributed by atoms with Crippen molar-refractivity contribution in [3.8, 4) is 0 Å². The minimum atomic E-state index is -1.46. The van der Waals surface area contributed by atoms with Crippen molar-refractivity contribution < 1.29 is 23.8 Å². The highest BCUT2D eigenvalue weighted by Crippen LogP contribution is 2.68. The first-order valence-corrected chi connectivity index (χ1v) is 15.0. The summed E-state index contributed by atoms with van der Waals surface area (Å²) in [6.07, 6.45) is 9.63. The van der Waals surface area contributed by atoms with Crippen LogP contribution in [0.5, 0.6) is 0 Å². The molecule has 8 nitrogen and oxygen atoms in total. The average molecular weight is 593 g/mol. The number of halogens is 1. The number of thiol groups is 1. The van der Waals surface area contributed by atoms with Gasteiger partial charge in [0.1, 0.15) is 5.82 Å². The van der Waals surface area contributed by atoms with Crippen molar-refractivity contribution in [1.29, 1.82) is 0 Å². The molecule has 222 valence electrons. The second kappa shape index (κ2) is 10.2. The fraction of sp³-hybridized carbons (Fsp3) is 0.500. The number of imidazole rings is 1. The van der Waals surface area contributed by atoms with E-state index in [0.717, 1.165) is 24.1 Å². The molecule has 2 aromatic rings. The largest absolute Gasteiger partial charge is 0.445 e. The Hall–Kier alpha value is -3.24. The van der Waals surface area contributed by atoms with Gasteiger partial charge in [0.25, 0.3) is 0 Å². The summed E-state index contributed by atoms with van der Waals surface area (Å²) in [4.78, 5) is 35.3. The third-order valence-electron chi connectivity index (χ3n) is 10.8. The SMILES string of the molecule is Cn1cnc(C(=O)O[C@]2(C(=O)S)CC[C@H]3[C@@H]4CCC5=CC(=Nc6ccc(F)cc6)C(=CN)C[C@]5(C)C4C(O)C[C@@]32C)c1. The number of aryl methyl sites for hydroxylation is 1. The smallest absolute Gasteiger partial charge is 0.359 e. The van der Waals surface area contributed by atoms with Gasteiger partial charge in [-0.3, -0.25) is 4.79 Å². The molecule has 0 saturated heterocycles. The van der Waals surface area contributed by atoms with Gasteiger partial charge in [-0.1, -0.05) is 19.4 Å². The van der Waals surface area contributed by atoms with E-state index in [1.54, 1.807) is 36.1 Å². The van der Waals surface area contributed by atoms with Crippen LogP contribution in [0.25, 0.3) is 0 Å². The van der Waals surface area contributed by atoms with Crippen LogP contribution in [0, 0.1) is 34.4 Å². The molecule has 1 aromatic carbocycles. The van der Waals surface area contributed by atoms with Gasteiger partial charge < -0.3 is 20.1 Å². The summed E-state index contributed by atoms with van der Waals surface area (Å²) in [6.45, 7) is 4.18. The van der Waals surface area contributed by atoms with E-state index in [-0.39, 0.29) is 34.7 Å². The number of aliphatic hydroxyl groups excluding tert-OH is 1. The Bertz CT molecular complexity index is 1530. The van der Waals surface area contributed by atoms with Crippen LogP contribution in [-0.4, -0.2) is 43.2 Å². The number of benzene rings is 1. The van der Waals surface area contributed by atoms with Gasteiger partial charge in [0.05, 0.1) is 23.8 Å². The van der Waals surface area contributed by atoms with Gasteiger partial charge >= 0.3 is 5.97 Å². The molecule has 0 amide bonds. The molecule has 0 bridgehead atoms. The number of nitrogens with two attached hydrogens (primary N) is 1. The predicted molar refractivity (Wildman–Crippen MR) is 160 cm³/mol. The van der Waals surface area contributed by atoms with E-state index in [1.165, 1.54) is 24.0 Å². The summed E-state index contributed by atoms with van der Waals surface area (Å²) in [5.41, 5.74) is 7.15. The maximum absolute atomic E-state index is 13.5. The van der Waals surface area contributed by atoms with Crippen LogP contribution in [0.1, 0.15) is 62.9 Å². The number of allylic oxidation sites excluding steroid dienone is 3. The zero-order chi connectivity index (χ0) is 30.0. The summed E-state index contributed by atoms with van der Waals surface area (Å²) in [7, 11) is 1.76. The molecule has 10 heteroatoms. The molecule has 2 unspecified atom stereocenters. The maximum atomic E-state index is 13.5. The van der Waals surface area contributed by atoms with Crippen LogP contribution in [0.2, 0.25) is 0 Å². The molecule has 4 aliphatic carbocycles. The van der Waals surface area contributed by atoms with Crippen molar-refractivity contribution in [2.45, 2.75) is 64.1 Å². The molecule has 1 heterocycles. The Morgan fingerprint density at radius 1 is 1.26 bits per heavy atom. The van der Waals surface area contributed by atoms with Gasteiger partial charge in [-0.05, 0) is 104 Å². The summed E-state index contributed by atoms with van der Waals surface area (Å²) in [5, 5.41) is 11.5. The molecule has 4 aliphatic rings. The van der Waals surface area contributed by atoms with Gasteiger partial charge in [-0.25, -0.2) is 19.2 Å². The first-order chi connectivity index (χ1) is 19.9. The van der Waals surface area contributed by atoms with E-state index in [4.69, 9.17) is 15.5 Å². The standard InChI is InChI=1S/C32H37FN4O4S/c1-30-13-18(15-34)24(36-21-7-5-20(33)6-8-21)12-19(30)4-9-22-23-10-11-32(29(40)42,31(23,2)14-26(38)27(22)30)41-28(39)25-16-37(3)17-35-25/h5-8,12,15-17,22-23,26-27,38H,4,9-11,13-14,34H2,1-3H3,(H,40,42)/t22-,23-,26?,27?,30-,31-,32-/m0/s1. The highest BCUT2D eigenvalue weighted by molar-refractivity contribution is 7.96. The highest BCUT2D eigenvalue weighted by Gasteiger charge is 2.70. The lowest BCUT2D eigenvalue weighted by atomic mass is 9.45. The Labute approximate surface area is 250 Å². The van der Waals surface area contributed by atoms with Gasteiger partial charge in [-0.2, -0.15) is 0 Å². The lowest BCUT2D eigenvalue weighted by Gasteiger charge is -2.60. The Kier molecular flexibility index (Phi) is 7.00. The number of carbonyl (C=O) groups excluding carboxylic acids is 2. The van der Waals surface area contributed by atoms with Crippen LogP contribution < -0.4 is 5.73 Å². The lowest BCUT2D eigenvalue weighted by Crippen LogP contribution is -2.62. The third-order valence-corrected chi connectivity index (χ3v) is 11.2. The number of nitrogens with zero attached hydrogens (tertiary/aromatic N) is 3. The molecule has 0 spiro atoms. The zero-order valence-corrected chi connectivity index (χ0v) is 25.0. The van der Waals surface area contributed by atoms with E-state index in [1.807, 2.05) is 6.92 Å². The molecule has 1 aromatic heterocycles. The van der Waals surface area contributed by atoms with E-state index in [9.17, 15) is 19.1 Å². The van der Waals surface area contributed by atoms with Crippen LogP contribution >= 0.6 is 12.6 Å². The number of aliphatic hydroxyl groups is 1. The fourth-order valence-corrected chi connectivity index (χ4v) is 9.28. The minimum absolute atomic E-state index is 0.0523. The molecule has 6 rings (SSSR count). The normalized spacial score (nSPS) is 37.5. The van der Waals surface area contributed by atoms with Gasteiger partial charge in [-0.15, -0.1) is 12.6 Å². The molecule has 3 saturated carbocycles. The van der Waals surface area contributed by atoms with Gasteiger partial charge in [0.2, 0.25) is 5.12 Å². The number of esters is 1. The molecular weight excluding hydrogens is 555 g/mol. The summed E-state index contributed by atoms with van der Waals surface area (Å²) in [6, 6.07) is 6.05. The predicted octanol–water partition coefficient (Wildman–Crippen LogP) is 5.07. The van der Waals surface area contributed by atoms with Crippen molar-refractivity contribution in [1.82, 2.24) is 9.55 Å². The van der Waals surface area contributed by atoms with Crippen LogP contribution in [0.3, 0.4) is 0 Å². The quantitative estimate of drug-likeness (QED) is 0.337. The number of rotatable bonds is 4. The molecule has 3 fully saturated rings. The Morgan fingerprint density at radius 3 is 2.64 bits per heavy atom. The van der Waals surface area contributed by atoms with Crippen molar-refractivity contribution >= 4 is 35.1 Å². The first kappa shape index (κ1) is 28.9. The molecule has 0 aliphatic heterocycles. The highest BCUT2D eigenvalue weighted by atomic mass is 32.1. The number of hydrogen-bond donors (Lipinski definition) is 3. The Morgan fingerprint density at radius 2 is 2.00 bits per heavy atom. The average Bonchev–Trinajstić information content (AvgIpc) is 3.50. The summed E-state index contributed by atoms with van der Waals surface area (Å²) >= 11 is 4.27. The van der Waals surface area contributed by atoms with E-state index < -0.39 is 28.2 Å². The number of aliphatic imine (C=N–C) groups is 1. The second-order valence-electron chi connectivity index (χ2n) is 12.9. The van der Waals surface area contributed by atoms with Crippen LogP contribution in [0.4, 0.5) is 10.1 Å². The minimum Gasteiger partial charge on any atom is -0.445 e. The lowest BCUT2D eigenvalue weighted by molar-refractivity contribution is -0.174. The maximum Gasteiger partial charge on any atom is 0.359 e.